The van der Waals surface area contributed by atoms with Gasteiger partial charge in [0.1, 0.15) is 0 Å². The number of rotatable bonds is 3. The maximum atomic E-state index is 11.3. The average Bonchev–Trinajstić information content (AvgIpc) is 2.39. The van der Waals surface area contributed by atoms with Gasteiger partial charge in [-0.1, -0.05) is 6.92 Å². The topological polar surface area (TPSA) is 75.8 Å². The van der Waals surface area contributed by atoms with Crippen molar-refractivity contribution in [2.75, 3.05) is 30.8 Å². The second-order valence-electron chi connectivity index (χ2n) is 5.07. The first-order valence-electron chi connectivity index (χ1n) is 6.43. The molecule has 2 atom stereocenters. The molecule has 104 valence electrons. The minimum atomic E-state index is -0.949. The molecule has 0 aromatic heterocycles. The second-order valence-corrected chi connectivity index (χ2v) is 5.07. The number of nitrogen functional groups attached to an aromatic ring is 1. The third-order valence-corrected chi connectivity index (χ3v) is 3.78. The summed E-state index contributed by atoms with van der Waals surface area (Å²) >= 11 is 0. The van der Waals surface area contributed by atoms with E-state index in [1.54, 1.807) is 19.2 Å². The summed E-state index contributed by atoms with van der Waals surface area (Å²) in [6.45, 7) is 3.71. The van der Waals surface area contributed by atoms with Crippen LogP contribution in [0.1, 0.15) is 23.7 Å². The van der Waals surface area contributed by atoms with Crippen LogP contribution in [0.2, 0.25) is 0 Å². The lowest BCUT2D eigenvalue weighted by Gasteiger charge is -2.38. The molecule has 1 heterocycles. The molecular formula is C14H20N2O3. The fraction of sp³-hybridized carbons (Fsp3) is 0.500. The van der Waals surface area contributed by atoms with Crippen LogP contribution in [0.15, 0.2) is 18.2 Å². The highest BCUT2D eigenvalue weighted by Crippen LogP contribution is 2.28. The Morgan fingerprint density at radius 1 is 1.53 bits per heavy atom. The van der Waals surface area contributed by atoms with Crippen molar-refractivity contribution < 1.29 is 14.6 Å². The van der Waals surface area contributed by atoms with E-state index in [2.05, 4.69) is 11.8 Å². The predicted molar refractivity (Wildman–Crippen MR) is 74.6 cm³/mol. The van der Waals surface area contributed by atoms with Crippen molar-refractivity contribution in [3.05, 3.63) is 23.8 Å². The van der Waals surface area contributed by atoms with Gasteiger partial charge in [-0.25, -0.2) is 4.79 Å². The van der Waals surface area contributed by atoms with Gasteiger partial charge in [0.25, 0.3) is 0 Å². The van der Waals surface area contributed by atoms with Gasteiger partial charge in [0.2, 0.25) is 0 Å². The van der Waals surface area contributed by atoms with Gasteiger partial charge in [-0.3, -0.25) is 0 Å². The van der Waals surface area contributed by atoms with E-state index < -0.39 is 5.97 Å². The highest BCUT2D eigenvalue weighted by Gasteiger charge is 2.28. The SMILES string of the molecule is COC1CN(c2ccc(N)cc2C(=O)O)CCC1C. The molecule has 19 heavy (non-hydrogen) atoms. The normalized spacial score (nSPS) is 23.4. The lowest BCUT2D eigenvalue weighted by Crippen LogP contribution is -2.44. The number of ether oxygens (including phenoxy) is 1. The number of nitrogens with zero attached hydrogens (tertiary/aromatic N) is 1. The van der Waals surface area contributed by atoms with E-state index >= 15 is 0 Å². The van der Waals surface area contributed by atoms with Crippen LogP contribution in [0.4, 0.5) is 11.4 Å². The molecule has 1 aromatic rings. The first-order chi connectivity index (χ1) is 9.02. The van der Waals surface area contributed by atoms with Gasteiger partial charge in [0.15, 0.2) is 0 Å². The Morgan fingerprint density at radius 3 is 2.89 bits per heavy atom. The number of hydrogen-bond donors (Lipinski definition) is 2. The van der Waals surface area contributed by atoms with Crippen LogP contribution in [0.25, 0.3) is 0 Å². The smallest absolute Gasteiger partial charge is 0.337 e. The molecule has 0 bridgehead atoms. The Kier molecular flexibility index (Phi) is 3.95. The largest absolute Gasteiger partial charge is 0.478 e. The highest BCUT2D eigenvalue weighted by molar-refractivity contribution is 5.95. The van der Waals surface area contributed by atoms with E-state index in [9.17, 15) is 9.90 Å². The fourth-order valence-corrected chi connectivity index (χ4v) is 2.56. The quantitative estimate of drug-likeness (QED) is 0.815. The van der Waals surface area contributed by atoms with Crippen LogP contribution < -0.4 is 10.6 Å². The molecule has 0 amide bonds. The van der Waals surface area contributed by atoms with Crippen LogP contribution in [0.5, 0.6) is 0 Å². The van der Waals surface area contributed by atoms with E-state index in [0.29, 0.717) is 18.2 Å². The zero-order valence-corrected chi connectivity index (χ0v) is 11.3. The standard InChI is InChI=1S/C14H20N2O3/c1-9-5-6-16(8-13(9)19-2)12-4-3-10(15)7-11(12)14(17)18/h3-4,7,9,13H,5-6,8,15H2,1-2H3,(H,17,18). The van der Waals surface area contributed by atoms with Gasteiger partial charge in [-0.05, 0) is 30.5 Å². The molecular weight excluding hydrogens is 244 g/mol. The van der Waals surface area contributed by atoms with E-state index in [4.69, 9.17) is 10.5 Å². The van der Waals surface area contributed by atoms with E-state index in [-0.39, 0.29) is 11.7 Å². The first kappa shape index (κ1) is 13.7. The van der Waals surface area contributed by atoms with Gasteiger partial charge < -0.3 is 20.5 Å². The number of carbonyl (C=O) groups is 1. The van der Waals surface area contributed by atoms with Crippen LogP contribution in [-0.4, -0.2) is 37.4 Å². The van der Waals surface area contributed by atoms with Gasteiger partial charge in [-0.2, -0.15) is 0 Å². The number of anilines is 2. The van der Waals surface area contributed by atoms with Crippen molar-refractivity contribution in [2.24, 2.45) is 5.92 Å². The van der Waals surface area contributed by atoms with Gasteiger partial charge >= 0.3 is 5.97 Å². The van der Waals surface area contributed by atoms with Crippen molar-refractivity contribution in [2.45, 2.75) is 19.4 Å². The molecule has 1 aliphatic rings. The summed E-state index contributed by atoms with van der Waals surface area (Å²) in [7, 11) is 1.70. The molecule has 1 fully saturated rings. The van der Waals surface area contributed by atoms with Crippen LogP contribution >= 0.6 is 0 Å². The zero-order valence-electron chi connectivity index (χ0n) is 11.3. The van der Waals surface area contributed by atoms with E-state index in [0.717, 1.165) is 18.7 Å². The molecule has 2 unspecified atom stereocenters. The predicted octanol–water partition coefficient (Wildman–Crippen LogP) is 1.83. The van der Waals surface area contributed by atoms with Crippen molar-refractivity contribution in [3.63, 3.8) is 0 Å². The maximum Gasteiger partial charge on any atom is 0.337 e. The molecule has 0 aliphatic carbocycles. The third-order valence-electron chi connectivity index (χ3n) is 3.78. The van der Waals surface area contributed by atoms with Crippen molar-refractivity contribution >= 4 is 17.3 Å². The molecule has 1 aliphatic heterocycles. The Hall–Kier alpha value is -1.75. The van der Waals surface area contributed by atoms with E-state index in [1.165, 1.54) is 6.07 Å². The van der Waals surface area contributed by atoms with Gasteiger partial charge in [-0.15, -0.1) is 0 Å². The Morgan fingerprint density at radius 2 is 2.26 bits per heavy atom. The zero-order chi connectivity index (χ0) is 14.0. The molecule has 1 aromatic carbocycles. The molecule has 3 N–H and O–H groups in total. The summed E-state index contributed by atoms with van der Waals surface area (Å²) in [5.41, 5.74) is 7.10. The highest BCUT2D eigenvalue weighted by atomic mass is 16.5. The Bertz CT molecular complexity index is 476. The fourth-order valence-electron chi connectivity index (χ4n) is 2.56. The summed E-state index contributed by atoms with van der Waals surface area (Å²) in [6, 6.07) is 5.03. The molecule has 1 saturated heterocycles. The minimum absolute atomic E-state index is 0.132. The lowest BCUT2D eigenvalue weighted by atomic mass is 9.95. The third kappa shape index (κ3) is 2.81. The number of piperidine rings is 1. The summed E-state index contributed by atoms with van der Waals surface area (Å²) in [6.07, 6.45) is 1.12. The summed E-state index contributed by atoms with van der Waals surface area (Å²) < 4.78 is 5.47. The van der Waals surface area contributed by atoms with Gasteiger partial charge in [0, 0.05) is 25.9 Å². The molecule has 2 rings (SSSR count). The number of hydrogen-bond acceptors (Lipinski definition) is 4. The number of carboxylic acids is 1. The first-order valence-corrected chi connectivity index (χ1v) is 6.43. The number of carboxylic acid groups (broad SMARTS) is 1. The number of aromatic carboxylic acids is 1. The molecule has 0 spiro atoms. The van der Waals surface area contributed by atoms with Crippen molar-refractivity contribution in [1.82, 2.24) is 0 Å². The Balaban J connectivity index is 2.29. The number of nitrogens with two attached hydrogens (primary N) is 1. The Labute approximate surface area is 113 Å². The van der Waals surface area contributed by atoms with Crippen LogP contribution in [-0.2, 0) is 4.74 Å². The summed E-state index contributed by atoms with van der Waals surface area (Å²) in [5.74, 6) is -0.460. The summed E-state index contributed by atoms with van der Waals surface area (Å²) in [4.78, 5) is 13.4. The number of methoxy groups -OCH3 is 1. The number of benzene rings is 1. The van der Waals surface area contributed by atoms with E-state index in [1.807, 2.05) is 0 Å². The molecule has 5 heteroatoms. The molecule has 0 radical (unpaired) electrons. The monoisotopic (exact) mass is 264 g/mol. The molecule has 5 nitrogen and oxygen atoms in total. The average molecular weight is 264 g/mol. The molecule has 0 saturated carbocycles. The van der Waals surface area contributed by atoms with Crippen LogP contribution in [0.3, 0.4) is 0 Å². The van der Waals surface area contributed by atoms with Gasteiger partial charge in [0.05, 0.1) is 17.4 Å². The van der Waals surface area contributed by atoms with Crippen molar-refractivity contribution in [1.29, 1.82) is 0 Å². The van der Waals surface area contributed by atoms with Crippen molar-refractivity contribution in [3.8, 4) is 0 Å². The second kappa shape index (κ2) is 5.48. The van der Waals surface area contributed by atoms with Crippen LogP contribution in [0, 0.1) is 5.92 Å². The summed E-state index contributed by atoms with van der Waals surface area (Å²) in [5, 5.41) is 9.28. The minimum Gasteiger partial charge on any atom is -0.478 e. The maximum absolute atomic E-state index is 11.3. The lowest BCUT2D eigenvalue weighted by molar-refractivity contribution is 0.0496.